The van der Waals surface area contributed by atoms with Gasteiger partial charge in [0.25, 0.3) is 0 Å². The summed E-state index contributed by atoms with van der Waals surface area (Å²) in [6.07, 6.45) is 2.07. The second kappa shape index (κ2) is 6.74. The van der Waals surface area contributed by atoms with Crippen LogP contribution >= 0.6 is 27.7 Å². The van der Waals surface area contributed by atoms with E-state index in [2.05, 4.69) is 34.3 Å². The van der Waals surface area contributed by atoms with Crippen LogP contribution in [0.2, 0.25) is 0 Å². The lowest BCUT2D eigenvalue weighted by atomic mass is 10.4. The lowest BCUT2D eigenvalue weighted by Gasteiger charge is -1.92. The Hall–Kier alpha value is 0.0500. The molecule has 0 saturated heterocycles. The summed E-state index contributed by atoms with van der Waals surface area (Å²) in [6, 6.07) is 8.28. The van der Waals surface area contributed by atoms with E-state index in [0.29, 0.717) is 0 Å². The van der Waals surface area contributed by atoms with Gasteiger partial charge in [-0.3, -0.25) is 0 Å². The summed E-state index contributed by atoms with van der Waals surface area (Å²) >= 11 is 5.12. The zero-order chi connectivity index (χ0) is 8.69. The summed E-state index contributed by atoms with van der Waals surface area (Å²) in [5.41, 5.74) is 0. The molecule has 2 heteroatoms. The summed E-state index contributed by atoms with van der Waals surface area (Å²) in [7, 11) is 0. The number of rotatable bonds is 1. The fraction of sp³-hybridized carbons (Fsp3) is 0.333. The summed E-state index contributed by atoms with van der Waals surface area (Å²) < 4.78 is 1.14. The summed E-state index contributed by atoms with van der Waals surface area (Å²) in [5.74, 6) is 0. The standard InChI is InChI=1S/C7H7BrS.C2H6/c1-9-7-4-2-6(8)3-5-7;1-2/h2-5H,1H3;1-2H3. The SMILES string of the molecule is CC.CSc1ccc(Br)cc1. The summed E-state index contributed by atoms with van der Waals surface area (Å²) in [5, 5.41) is 0. The fourth-order valence-corrected chi connectivity index (χ4v) is 1.24. The van der Waals surface area contributed by atoms with Gasteiger partial charge in [0.05, 0.1) is 0 Å². The fourth-order valence-electron chi connectivity index (χ4n) is 0.571. The van der Waals surface area contributed by atoms with Crippen molar-refractivity contribution in [2.75, 3.05) is 6.26 Å². The van der Waals surface area contributed by atoms with E-state index in [0.717, 1.165) is 4.47 Å². The predicted molar refractivity (Wildman–Crippen MR) is 57.3 cm³/mol. The highest BCUT2D eigenvalue weighted by Crippen LogP contribution is 2.17. The minimum absolute atomic E-state index is 1.14. The molecule has 0 saturated carbocycles. The van der Waals surface area contributed by atoms with Gasteiger partial charge in [0.15, 0.2) is 0 Å². The van der Waals surface area contributed by atoms with Gasteiger partial charge in [0.2, 0.25) is 0 Å². The zero-order valence-electron chi connectivity index (χ0n) is 7.10. The molecule has 0 aromatic heterocycles. The molecule has 0 radical (unpaired) electrons. The largest absolute Gasteiger partial charge is 0.130 e. The topological polar surface area (TPSA) is 0 Å². The Balaban J connectivity index is 0.000000461. The molecule has 0 heterocycles. The average molecular weight is 233 g/mol. The van der Waals surface area contributed by atoms with Gasteiger partial charge in [0, 0.05) is 9.37 Å². The molecular formula is C9H13BrS. The van der Waals surface area contributed by atoms with Crippen molar-refractivity contribution in [2.24, 2.45) is 0 Å². The van der Waals surface area contributed by atoms with Crippen LogP contribution in [0.1, 0.15) is 13.8 Å². The number of hydrogen-bond donors (Lipinski definition) is 0. The molecule has 0 spiro atoms. The zero-order valence-corrected chi connectivity index (χ0v) is 9.50. The van der Waals surface area contributed by atoms with E-state index >= 15 is 0 Å². The van der Waals surface area contributed by atoms with E-state index in [4.69, 9.17) is 0 Å². The molecule has 0 unspecified atom stereocenters. The highest BCUT2D eigenvalue weighted by Gasteiger charge is 1.86. The van der Waals surface area contributed by atoms with Crippen molar-refractivity contribution in [2.45, 2.75) is 18.7 Å². The van der Waals surface area contributed by atoms with E-state index in [1.807, 2.05) is 26.0 Å². The van der Waals surface area contributed by atoms with Crippen molar-refractivity contribution in [1.82, 2.24) is 0 Å². The van der Waals surface area contributed by atoms with Crippen LogP contribution in [0.4, 0.5) is 0 Å². The third-order valence-corrected chi connectivity index (χ3v) is 2.32. The quantitative estimate of drug-likeness (QED) is 0.655. The number of hydrogen-bond acceptors (Lipinski definition) is 1. The third-order valence-electron chi connectivity index (χ3n) is 1.05. The minimum atomic E-state index is 1.14. The Bertz CT molecular complexity index is 181. The molecule has 0 fully saturated rings. The molecule has 11 heavy (non-hydrogen) atoms. The van der Waals surface area contributed by atoms with Crippen molar-refractivity contribution in [1.29, 1.82) is 0 Å². The molecule has 0 N–H and O–H groups in total. The highest BCUT2D eigenvalue weighted by molar-refractivity contribution is 9.10. The highest BCUT2D eigenvalue weighted by atomic mass is 79.9. The molecular weight excluding hydrogens is 220 g/mol. The lowest BCUT2D eigenvalue weighted by Crippen LogP contribution is -1.66. The first-order valence-electron chi connectivity index (χ1n) is 3.62. The Kier molecular flexibility index (Phi) is 6.77. The van der Waals surface area contributed by atoms with E-state index in [1.165, 1.54) is 4.90 Å². The summed E-state index contributed by atoms with van der Waals surface area (Å²) in [4.78, 5) is 1.30. The molecule has 0 nitrogen and oxygen atoms in total. The summed E-state index contributed by atoms with van der Waals surface area (Å²) in [6.45, 7) is 4.00. The van der Waals surface area contributed by atoms with Crippen LogP contribution in [0, 0.1) is 0 Å². The molecule has 0 bridgehead atoms. The van der Waals surface area contributed by atoms with Crippen molar-refractivity contribution in [3.8, 4) is 0 Å². The molecule has 62 valence electrons. The van der Waals surface area contributed by atoms with Crippen molar-refractivity contribution < 1.29 is 0 Å². The van der Waals surface area contributed by atoms with Gasteiger partial charge in [-0.2, -0.15) is 0 Å². The molecule has 0 aliphatic carbocycles. The van der Waals surface area contributed by atoms with Gasteiger partial charge in [-0.25, -0.2) is 0 Å². The van der Waals surface area contributed by atoms with Gasteiger partial charge < -0.3 is 0 Å². The Morgan fingerprint density at radius 2 is 1.55 bits per heavy atom. The van der Waals surface area contributed by atoms with Gasteiger partial charge in [0.1, 0.15) is 0 Å². The smallest absolute Gasteiger partial charge is 0.0176 e. The van der Waals surface area contributed by atoms with Gasteiger partial charge in [-0.05, 0) is 30.5 Å². The van der Waals surface area contributed by atoms with Crippen molar-refractivity contribution >= 4 is 27.7 Å². The number of thioether (sulfide) groups is 1. The van der Waals surface area contributed by atoms with Crippen LogP contribution in [0.3, 0.4) is 0 Å². The maximum Gasteiger partial charge on any atom is 0.0176 e. The maximum absolute atomic E-state index is 3.37. The van der Waals surface area contributed by atoms with Crippen LogP contribution in [0.15, 0.2) is 33.6 Å². The van der Waals surface area contributed by atoms with Gasteiger partial charge >= 0.3 is 0 Å². The second-order valence-corrected chi connectivity index (χ2v) is 3.45. The van der Waals surface area contributed by atoms with Crippen LogP contribution in [-0.2, 0) is 0 Å². The number of benzene rings is 1. The molecule has 0 aliphatic rings. The number of halogens is 1. The molecule has 0 amide bonds. The molecule has 0 atom stereocenters. The normalized spacial score (nSPS) is 8.36. The molecule has 1 aromatic rings. The van der Waals surface area contributed by atoms with Crippen molar-refractivity contribution in [3.63, 3.8) is 0 Å². The monoisotopic (exact) mass is 232 g/mol. The van der Waals surface area contributed by atoms with Crippen molar-refractivity contribution in [3.05, 3.63) is 28.7 Å². The van der Waals surface area contributed by atoms with E-state index in [1.54, 1.807) is 11.8 Å². The van der Waals surface area contributed by atoms with Crippen LogP contribution < -0.4 is 0 Å². The first kappa shape index (κ1) is 11.1. The first-order chi connectivity index (χ1) is 5.33. The lowest BCUT2D eigenvalue weighted by molar-refractivity contribution is 1.45. The molecule has 1 aromatic carbocycles. The van der Waals surface area contributed by atoms with E-state index in [9.17, 15) is 0 Å². The minimum Gasteiger partial charge on any atom is -0.130 e. The Labute approximate surface area is 81.5 Å². The second-order valence-electron chi connectivity index (χ2n) is 1.66. The van der Waals surface area contributed by atoms with Gasteiger partial charge in [-0.15, -0.1) is 11.8 Å². The Morgan fingerprint density at radius 3 is 1.91 bits per heavy atom. The average Bonchev–Trinajstić information content (AvgIpc) is 2.10. The third kappa shape index (κ3) is 4.49. The van der Waals surface area contributed by atoms with E-state index < -0.39 is 0 Å². The van der Waals surface area contributed by atoms with Crippen LogP contribution in [0.5, 0.6) is 0 Å². The first-order valence-corrected chi connectivity index (χ1v) is 5.64. The van der Waals surface area contributed by atoms with Gasteiger partial charge in [-0.1, -0.05) is 29.8 Å². The van der Waals surface area contributed by atoms with Crippen LogP contribution in [0.25, 0.3) is 0 Å². The molecule has 0 aliphatic heterocycles. The maximum atomic E-state index is 3.37. The van der Waals surface area contributed by atoms with Crippen LogP contribution in [-0.4, -0.2) is 6.26 Å². The Morgan fingerprint density at radius 1 is 1.09 bits per heavy atom. The molecule has 1 rings (SSSR count). The predicted octanol–water partition coefficient (Wildman–Crippen LogP) is 4.20. The van der Waals surface area contributed by atoms with E-state index in [-0.39, 0.29) is 0 Å².